The molecule has 1 aromatic rings. The Morgan fingerprint density at radius 2 is 2.16 bits per heavy atom. The fourth-order valence-electron chi connectivity index (χ4n) is 1.96. The highest BCUT2D eigenvalue weighted by Gasteiger charge is 2.11. The number of rotatable bonds is 9. The van der Waals surface area contributed by atoms with Gasteiger partial charge in [-0.3, -0.25) is 0 Å². The lowest BCUT2D eigenvalue weighted by Gasteiger charge is -2.19. The second kappa shape index (κ2) is 9.45. The average molecular weight is 332 g/mol. The van der Waals surface area contributed by atoms with Gasteiger partial charge in [-0.25, -0.2) is 4.39 Å². The predicted molar refractivity (Wildman–Crippen MR) is 81.0 cm³/mol. The summed E-state index contributed by atoms with van der Waals surface area (Å²) in [4.78, 5) is 0. The van der Waals surface area contributed by atoms with Crippen molar-refractivity contribution in [3.05, 3.63) is 34.1 Å². The Hall–Kier alpha value is -0.450. The molecule has 0 amide bonds. The minimum atomic E-state index is -0.183. The highest BCUT2D eigenvalue weighted by Crippen LogP contribution is 2.20. The van der Waals surface area contributed by atoms with Gasteiger partial charge in [0.1, 0.15) is 5.82 Å². The van der Waals surface area contributed by atoms with Crippen LogP contribution in [0.5, 0.6) is 0 Å². The zero-order chi connectivity index (χ0) is 14.1. The van der Waals surface area contributed by atoms with Crippen LogP contribution < -0.4 is 5.32 Å². The van der Waals surface area contributed by atoms with E-state index in [2.05, 4.69) is 28.2 Å². The van der Waals surface area contributed by atoms with E-state index in [0.29, 0.717) is 6.04 Å². The van der Waals surface area contributed by atoms with E-state index in [1.165, 1.54) is 6.07 Å². The van der Waals surface area contributed by atoms with E-state index in [4.69, 9.17) is 4.74 Å². The van der Waals surface area contributed by atoms with Crippen molar-refractivity contribution in [3.63, 3.8) is 0 Å². The quantitative estimate of drug-likeness (QED) is 0.692. The van der Waals surface area contributed by atoms with Gasteiger partial charge < -0.3 is 10.1 Å². The predicted octanol–water partition coefficient (Wildman–Crippen LogP) is 3.93. The van der Waals surface area contributed by atoms with E-state index in [9.17, 15) is 4.39 Å². The maximum absolute atomic E-state index is 13.3. The molecule has 0 saturated carbocycles. The monoisotopic (exact) mass is 331 g/mol. The van der Waals surface area contributed by atoms with Crippen LogP contribution in [0.25, 0.3) is 0 Å². The molecular weight excluding hydrogens is 309 g/mol. The largest absolute Gasteiger partial charge is 0.382 e. The number of ether oxygens (including phenoxy) is 1. The third-order valence-corrected chi connectivity index (χ3v) is 3.75. The van der Waals surface area contributed by atoms with Crippen molar-refractivity contribution in [1.82, 2.24) is 5.32 Å². The SMILES string of the molecule is CCCNC(CCOCC)Cc1cc(F)ccc1Br. The Balaban J connectivity index is 2.61. The van der Waals surface area contributed by atoms with Crippen molar-refractivity contribution in [2.45, 2.75) is 39.2 Å². The molecule has 2 nitrogen and oxygen atoms in total. The molecule has 0 aliphatic carbocycles. The molecule has 0 bridgehead atoms. The van der Waals surface area contributed by atoms with Crippen LogP contribution in [-0.4, -0.2) is 25.8 Å². The van der Waals surface area contributed by atoms with Crippen LogP contribution in [0.4, 0.5) is 4.39 Å². The Labute approximate surface area is 123 Å². The number of benzene rings is 1. The number of hydrogen-bond acceptors (Lipinski definition) is 2. The van der Waals surface area contributed by atoms with Crippen LogP contribution in [0.3, 0.4) is 0 Å². The summed E-state index contributed by atoms with van der Waals surface area (Å²) >= 11 is 3.48. The fourth-order valence-corrected chi connectivity index (χ4v) is 2.37. The van der Waals surface area contributed by atoms with Crippen LogP contribution >= 0.6 is 15.9 Å². The molecule has 1 N–H and O–H groups in total. The summed E-state index contributed by atoms with van der Waals surface area (Å²) in [5, 5.41) is 3.50. The van der Waals surface area contributed by atoms with Gasteiger partial charge in [-0.2, -0.15) is 0 Å². The first-order chi connectivity index (χ1) is 9.17. The molecule has 0 radical (unpaired) electrons. The molecule has 0 aliphatic rings. The van der Waals surface area contributed by atoms with Crippen LogP contribution in [0.2, 0.25) is 0 Å². The molecule has 0 aromatic heterocycles. The maximum Gasteiger partial charge on any atom is 0.123 e. The van der Waals surface area contributed by atoms with Gasteiger partial charge in [-0.15, -0.1) is 0 Å². The highest BCUT2D eigenvalue weighted by atomic mass is 79.9. The van der Waals surface area contributed by atoms with Crippen molar-refractivity contribution >= 4 is 15.9 Å². The lowest BCUT2D eigenvalue weighted by Crippen LogP contribution is -2.33. The molecule has 1 unspecified atom stereocenters. The lowest BCUT2D eigenvalue weighted by molar-refractivity contribution is 0.136. The average Bonchev–Trinajstić information content (AvgIpc) is 2.40. The van der Waals surface area contributed by atoms with E-state index in [0.717, 1.165) is 49.1 Å². The van der Waals surface area contributed by atoms with E-state index in [1.807, 2.05) is 6.92 Å². The second-order valence-corrected chi connectivity index (χ2v) is 5.43. The summed E-state index contributed by atoms with van der Waals surface area (Å²) in [7, 11) is 0. The molecule has 0 heterocycles. The lowest BCUT2D eigenvalue weighted by atomic mass is 10.0. The van der Waals surface area contributed by atoms with Crippen molar-refractivity contribution in [2.75, 3.05) is 19.8 Å². The molecule has 0 fully saturated rings. The van der Waals surface area contributed by atoms with Crippen molar-refractivity contribution < 1.29 is 9.13 Å². The minimum absolute atomic E-state index is 0.183. The standard InChI is InChI=1S/C15H23BrFNO/c1-3-8-18-14(7-9-19-4-2)11-12-10-13(17)5-6-15(12)16/h5-6,10,14,18H,3-4,7-9,11H2,1-2H3. The van der Waals surface area contributed by atoms with Crippen molar-refractivity contribution in [1.29, 1.82) is 0 Å². The van der Waals surface area contributed by atoms with E-state index < -0.39 is 0 Å². The first-order valence-electron chi connectivity index (χ1n) is 6.92. The topological polar surface area (TPSA) is 21.3 Å². The van der Waals surface area contributed by atoms with Gasteiger partial charge in [0.15, 0.2) is 0 Å². The first-order valence-corrected chi connectivity index (χ1v) is 7.71. The van der Waals surface area contributed by atoms with Gasteiger partial charge >= 0.3 is 0 Å². The van der Waals surface area contributed by atoms with Gasteiger partial charge in [0.2, 0.25) is 0 Å². The summed E-state index contributed by atoms with van der Waals surface area (Å²) in [6.45, 7) is 6.60. The molecule has 4 heteroatoms. The smallest absolute Gasteiger partial charge is 0.123 e. The number of halogens is 2. The van der Waals surface area contributed by atoms with Gasteiger partial charge in [-0.1, -0.05) is 22.9 Å². The minimum Gasteiger partial charge on any atom is -0.382 e. The first kappa shape index (κ1) is 16.6. The van der Waals surface area contributed by atoms with Gasteiger partial charge in [-0.05, 0) is 56.5 Å². The Kier molecular flexibility index (Phi) is 8.26. The molecule has 1 rings (SSSR count). The van der Waals surface area contributed by atoms with E-state index in [1.54, 1.807) is 12.1 Å². The molecule has 0 saturated heterocycles. The van der Waals surface area contributed by atoms with E-state index in [-0.39, 0.29) is 5.82 Å². The van der Waals surface area contributed by atoms with Crippen molar-refractivity contribution in [2.24, 2.45) is 0 Å². The summed E-state index contributed by atoms with van der Waals surface area (Å²) < 4.78 is 19.7. The number of nitrogens with one attached hydrogen (secondary N) is 1. The zero-order valence-electron chi connectivity index (χ0n) is 11.7. The fraction of sp³-hybridized carbons (Fsp3) is 0.600. The van der Waals surface area contributed by atoms with E-state index >= 15 is 0 Å². The summed E-state index contributed by atoms with van der Waals surface area (Å²) in [6, 6.07) is 5.17. The molecule has 108 valence electrons. The van der Waals surface area contributed by atoms with Crippen LogP contribution in [0, 0.1) is 5.82 Å². The van der Waals surface area contributed by atoms with Gasteiger partial charge in [0, 0.05) is 23.7 Å². The molecule has 19 heavy (non-hydrogen) atoms. The summed E-state index contributed by atoms with van der Waals surface area (Å²) in [5.41, 5.74) is 1.00. The summed E-state index contributed by atoms with van der Waals surface area (Å²) in [6.07, 6.45) is 2.84. The number of hydrogen-bond donors (Lipinski definition) is 1. The van der Waals surface area contributed by atoms with Crippen LogP contribution in [0.1, 0.15) is 32.3 Å². The Morgan fingerprint density at radius 3 is 2.84 bits per heavy atom. The molecule has 1 atom stereocenters. The maximum atomic E-state index is 13.3. The molecule has 0 aliphatic heterocycles. The zero-order valence-corrected chi connectivity index (χ0v) is 13.3. The Morgan fingerprint density at radius 1 is 1.37 bits per heavy atom. The molecule has 1 aromatic carbocycles. The molecular formula is C15H23BrFNO. The van der Waals surface area contributed by atoms with Gasteiger partial charge in [0.05, 0.1) is 0 Å². The van der Waals surface area contributed by atoms with Crippen LogP contribution in [-0.2, 0) is 11.2 Å². The third kappa shape index (κ3) is 6.50. The van der Waals surface area contributed by atoms with Gasteiger partial charge in [0.25, 0.3) is 0 Å². The molecule has 0 spiro atoms. The Bertz CT molecular complexity index is 373. The van der Waals surface area contributed by atoms with Crippen LogP contribution in [0.15, 0.2) is 22.7 Å². The highest BCUT2D eigenvalue weighted by molar-refractivity contribution is 9.10. The third-order valence-electron chi connectivity index (χ3n) is 2.97. The summed E-state index contributed by atoms with van der Waals surface area (Å²) in [5.74, 6) is -0.183. The normalized spacial score (nSPS) is 12.6. The second-order valence-electron chi connectivity index (χ2n) is 4.58. The van der Waals surface area contributed by atoms with Crippen molar-refractivity contribution in [3.8, 4) is 0 Å².